The van der Waals surface area contributed by atoms with E-state index in [1.165, 1.54) is 17.2 Å². The van der Waals surface area contributed by atoms with E-state index in [0.29, 0.717) is 16.9 Å². The summed E-state index contributed by atoms with van der Waals surface area (Å²) in [6.45, 7) is 1.82. The van der Waals surface area contributed by atoms with Crippen LogP contribution in [0.5, 0.6) is 0 Å². The molecular weight excluding hydrogens is 292 g/mol. The van der Waals surface area contributed by atoms with Gasteiger partial charge in [0.2, 0.25) is 0 Å². The molecule has 6 heteroatoms. The molecule has 1 fully saturated rings. The lowest BCUT2D eigenvalue weighted by Crippen LogP contribution is -2.32. The summed E-state index contributed by atoms with van der Waals surface area (Å²) in [7, 11) is 0. The van der Waals surface area contributed by atoms with Gasteiger partial charge in [0.1, 0.15) is 5.76 Å². The van der Waals surface area contributed by atoms with Crippen molar-refractivity contribution in [2.45, 2.75) is 25.5 Å². The molecule has 116 valence electrons. The molecular formula is C16H15F2NO3. The lowest BCUT2D eigenvalue weighted by atomic mass is 10.0. The molecule has 0 unspecified atom stereocenters. The number of aryl methyl sites for hydroxylation is 1. The summed E-state index contributed by atoms with van der Waals surface area (Å²) >= 11 is 0. The van der Waals surface area contributed by atoms with Crippen LogP contribution in [0.15, 0.2) is 34.9 Å². The lowest BCUT2D eigenvalue weighted by Gasteiger charge is -2.24. The number of likely N-dealkylation sites (tertiary alicyclic amines) is 1. The summed E-state index contributed by atoms with van der Waals surface area (Å²) in [5, 5.41) is 9.89. The highest BCUT2D eigenvalue weighted by molar-refractivity contribution is 5.95. The Labute approximate surface area is 126 Å². The fourth-order valence-electron chi connectivity index (χ4n) is 2.84. The highest BCUT2D eigenvalue weighted by atomic mass is 19.2. The Kier molecular flexibility index (Phi) is 3.70. The monoisotopic (exact) mass is 307 g/mol. The molecule has 2 heterocycles. The number of rotatable bonds is 2. The number of halogens is 2. The molecule has 1 N–H and O–H groups in total. The van der Waals surface area contributed by atoms with E-state index >= 15 is 0 Å². The summed E-state index contributed by atoms with van der Waals surface area (Å²) in [4.78, 5) is 14.1. The van der Waals surface area contributed by atoms with Crippen molar-refractivity contribution in [1.82, 2.24) is 4.90 Å². The highest BCUT2D eigenvalue weighted by Crippen LogP contribution is 2.34. The fourth-order valence-corrected chi connectivity index (χ4v) is 2.84. The van der Waals surface area contributed by atoms with Crippen molar-refractivity contribution in [3.8, 4) is 0 Å². The number of amides is 1. The molecule has 1 aliphatic heterocycles. The zero-order valence-corrected chi connectivity index (χ0v) is 11.9. The van der Waals surface area contributed by atoms with Gasteiger partial charge in [-0.15, -0.1) is 0 Å². The van der Waals surface area contributed by atoms with E-state index < -0.39 is 23.8 Å². The van der Waals surface area contributed by atoms with Gasteiger partial charge < -0.3 is 14.4 Å². The Hall–Kier alpha value is -2.21. The quantitative estimate of drug-likeness (QED) is 0.928. The van der Waals surface area contributed by atoms with Crippen LogP contribution in [0.3, 0.4) is 0 Å². The van der Waals surface area contributed by atoms with E-state index in [-0.39, 0.29) is 18.9 Å². The third kappa shape index (κ3) is 2.50. The molecule has 0 radical (unpaired) electrons. The number of benzene rings is 1. The van der Waals surface area contributed by atoms with Crippen LogP contribution in [0.2, 0.25) is 0 Å². The maximum atomic E-state index is 13.4. The van der Waals surface area contributed by atoms with Crippen LogP contribution in [0.1, 0.15) is 34.1 Å². The van der Waals surface area contributed by atoms with Gasteiger partial charge >= 0.3 is 0 Å². The van der Waals surface area contributed by atoms with Crippen molar-refractivity contribution < 1.29 is 23.1 Å². The third-order valence-electron chi connectivity index (χ3n) is 3.96. The molecule has 1 saturated heterocycles. The van der Waals surface area contributed by atoms with Gasteiger partial charge in [0.25, 0.3) is 5.91 Å². The van der Waals surface area contributed by atoms with Crippen LogP contribution in [0.25, 0.3) is 0 Å². The van der Waals surface area contributed by atoms with Crippen molar-refractivity contribution >= 4 is 5.91 Å². The van der Waals surface area contributed by atoms with Crippen molar-refractivity contribution in [2.75, 3.05) is 6.54 Å². The minimum absolute atomic E-state index is 0.146. The molecule has 22 heavy (non-hydrogen) atoms. The van der Waals surface area contributed by atoms with E-state index in [4.69, 9.17) is 4.42 Å². The van der Waals surface area contributed by atoms with Gasteiger partial charge in [-0.2, -0.15) is 0 Å². The second-order valence-electron chi connectivity index (χ2n) is 5.43. The van der Waals surface area contributed by atoms with Crippen LogP contribution in [0.4, 0.5) is 8.78 Å². The molecule has 0 spiro atoms. The average Bonchev–Trinajstić information content (AvgIpc) is 3.07. The van der Waals surface area contributed by atoms with Crippen LogP contribution < -0.4 is 0 Å². The SMILES string of the molecule is Cc1occc1C(=O)N1C[C@H](O)C[C@@H]1c1ccc(F)c(F)c1. The van der Waals surface area contributed by atoms with E-state index in [1.54, 1.807) is 13.0 Å². The number of carbonyl (C=O) groups is 1. The zero-order chi connectivity index (χ0) is 15.9. The number of nitrogens with zero attached hydrogens (tertiary/aromatic N) is 1. The smallest absolute Gasteiger partial charge is 0.257 e. The van der Waals surface area contributed by atoms with Crippen LogP contribution >= 0.6 is 0 Å². The van der Waals surface area contributed by atoms with Crippen LogP contribution in [-0.2, 0) is 0 Å². The van der Waals surface area contributed by atoms with Gasteiger partial charge in [-0.25, -0.2) is 8.78 Å². The summed E-state index contributed by atoms with van der Waals surface area (Å²) in [5.41, 5.74) is 0.867. The van der Waals surface area contributed by atoms with Crippen LogP contribution in [0, 0.1) is 18.6 Å². The van der Waals surface area contributed by atoms with Crippen molar-refractivity contribution in [3.63, 3.8) is 0 Å². The molecule has 2 atom stereocenters. The minimum Gasteiger partial charge on any atom is -0.469 e. The van der Waals surface area contributed by atoms with Crippen molar-refractivity contribution in [2.24, 2.45) is 0 Å². The first-order chi connectivity index (χ1) is 10.5. The molecule has 1 amide bonds. The number of hydrogen-bond acceptors (Lipinski definition) is 3. The predicted molar refractivity (Wildman–Crippen MR) is 74.2 cm³/mol. The van der Waals surface area contributed by atoms with Gasteiger partial charge in [-0.1, -0.05) is 6.07 Å². The number of hydrogen-bond donors (Lipinski definition) is 1. The van der Waals surface area contributed by atoms with Gasteiger partial charge in [0.15, 0.2) is 11.6 Å². The average molecular weight is 307 g/mol. The molecule has 1 aliphatic rings. The molecule has 0 bridgehead atoms. The number of aliphatic hydroxyl groups excluding tert-OH is 1. The van der Waals surface area contributed by atoms with Gasteiger partial charge in [-0.05, 0) is 37.1 Å². The second kappa shape index (κ2) is 5.53. The Bertz CT molecular complexity index is 713. The fraction of sp³-hybridized carbons (Fsp3) is 0.312. The van der Waals surface area contributed by atoms with Crippen LogP contribution in [-0.4, -0.2) is 28.6 Å². The molecule has 4 nitrogen and oxygen atoms in total. The number of aliphatic hydroxyl groups is 1. The standard InChI is InChI=1S/C16H15F2NO3/c1-9-12(4-5-22-9)16(21)19-8-11(20)7-15(19)10-2-3-13(17)14(18)6-10/h2-6,11,15,20H,7-8H2,1H3/t11-,15-/m1/s1. The molecule has 1 aromatic carbocycles. The van der Waals surface area contributed by atoms with E-state index in [0.717, 1.165) is 12.1 Å². The topological polar surface area (TPSA) is 53.7 Å². The highest BCUT2D eigenvalue weighted by Gasteiger charge is 2.36. The van der Waals surface area contributed by atoms with Gasteiger partial charge in [-0.3, -0.25) is 4.79 Å². The Balaban J connectivity index is 1.94. The van der Waals surface area contributed by atoms with E-state index in [2.05, 4.69) is 0 Å². The largest absolute Gasteiger partial charge is 0.469 e. The Morgan fingerprint density at radius 3 is 2.73 bits per heavy atom. The second-order valence-corrected chi connectivity index (χ2v) is 5.43. The first-order valence-electron chi connectivity index (χ1n) is 6.95. The molecule has 3 rings (SSSR count). The third-order valence-corrected chi connectivity index (χ3v) is 3.96. The summed E-state index contributed by atoms with van der Waals surface area (Å²) in [5.74, 6) is -1.72. The predicted octanol–water partition coefficient (Wildman–Crippen LogP) is 2.81. The molecule has 2 aromatic rings. The maximum absolute atomic E-state index is 13.4. The minimum atomic E-state index is -0.967. The van der Waals surface area contributed by atoms with Crippen molar-refractivity contribution in [1.29, 1.82) is 0 Å². The Morgan fingerprint density at radius 2 is 2.09 bits per heavy atom. The summed E-state index contributed by atoms with van der Waals surface area (Å²) in [6, 6.07) is 4.60. The lowest BCUT2D eigenvalue weighted by molar-refractivity contribution is 0.0713. The summed E-state index contributed by atoms with van der Waals surface area (Å²) < 4.78 is 31.6. The first-order valence-corrected chi connectivity index (χ1v) is 6.95. The Morgan fingerprint density at radius 1 is 1.32 bits per heavy atom. The number of carbonyl (C=O) groups excluding carboxylic acids is 1. The maximum Gasteiger partial charge on any atom is 0.257 e. The van der Waals surface area contributed by atoms with E-state index in [9.17, 15) is 18.7 Å². The van der Waals surface area contributed by atoms with Crippen molar-refractivity contribution in [3.05, 3.63) is 59.1 Å². The molecule has 0 saturated carbocycles. The normalized spacial score (nSPS) is 21.4. The zero-order valence-electron chi connectivity index (χ0n) is 11.9. The molecule has 0 aliphatic carbocycles. The van der Waals surface area contributed by atoms with Gasteiger partial charge in [0, 0.05) is 6.54 Å². The van der Waals surface area contributed by atoms with Gasteiger partial charge in [0.05, 0.1) is 24.0 Å². The summed E-state index contributed by atoms with van der Waals surface area (Å²) in [6.07, 6.45) is 1.00. The number of β-amino-alcohol motifs (C(OH)–C–C–N with tert-alkyl or cyclic N) is 1. The molecule has 1 aromatic heterocycles. The van der Waals surface area contributed by atoms with E-state index in [1.807, 2.05) is 0 Å². The number of furan rings is 1. The first kappa shape index (κ1) is 14.7.